The molecule has 1 N–H and O–H groups in total. The maximum Gasteiger partial charge on any atom is 0.408 e. The molecule has 0 heterocycles. The first-order valence-corrected chi connectivity index (χ1v) is 8.69. The highest BCUT2D eigenvalue weighted by Crippen LogP contribution is 2.15. The molecule has 6 nitrogen and oxygen atoms in total. The minimum absolute atomic E-state index is 0.0839. The number of amides is 1. The molecule has 0 saturated heterocycles. The first-order chi connectivity index (χ1) is 12.7. The highest BCUT2D eigenvalue weighted by atomic mass is 16.6. The fraction of sp³-hybridized carbons (Fsp3) is 0.333. The molecule has 2 aromatic carbocycles. The van der Waals surface area contributed by atoms with E-state index in [1.54, 1.807) is 45.0 Å². The van der Waals surface area contributed by atoms with Gasteiger partial charge in [0.25, 0.3) is 0 Å². The summed E-state index contributed by atoms with van der Waals surface area (Å²) in [6.45, 7) is 5.56. The minimum atomic E-state index is -1.37. The Balaban J connectivity index is 1.92. The number of benzene rings is 2. The second kappa shape index (κ2) is 9.07. The third-order valence-corrected chi connectivity index (χ3v) is 3.59. The highest BCUT2D eigenvalue weighted by Gasteiger charge is 2.20. The van der Waals surface area contributed by atoms with Crippen LogP contribution in [0.2, 0.25) is 0 Å². The largest absolute Gasteiger partial charge is 0.548 e. The number of nitrogens with one attached hydrogen (secondary N) is 1. The van der Waals surface area contributed by atoms with Crippen molar-refractivity contribution in [1.82, 2.24) is 5.32 Å². The molecule has 0 aromatic heterocycles. The fourth-order valence-electron chi connectivity index (χ4n) is 2.34. The average Bonchev–Trinajstić information content (AvgIpc) is 2.60. The lowest BCUT2D eigenvalue weighted by Crippen LogP contribution is -2.50. The predicted octanol–water partition coefficient (Wildman–Crippen LogP) is 2.45. The van der Waals surface area contributed by atoms with Crippen molar-refractivity contribution in [2.45, 2.75) is 45.4 Å². The molecule has 27 heavy (non-hydrogen) atoms. The molecule has 0 saturated carbocycles. The zero-order valence-electron chi connectivity index (χ0n) is 15.7. The fourth-order valence-corrected chi connectivity index (χ4v) is 2.34. The quantitative estimate of drug-likeness (QED) is 0.809. The van der Waals surface area contributed by atoms with Gasteiger partial charge in [0.15, 0.2) is 0 Å². The van der Waals surface area contributed by atoms with Crippen molar-refractivity contribution < 1.29 is 24.2 Å². The number of carbonyl (C=O) groups is 2. The third-order valence-electron chi connectivity index (χ3n) is 3.59. The van der Waals surface area contributed by atoms with Crippen LogP contribution in [0.4, 0.5) is 4.79 Å². The lowest BCUT2D eigenvalue weighted by molar-refractivity contribution is -0.308. The van der Waals surface area contributed by atoms with Crippen molar-refractivity contribution in [1.29, 1.82) is 0 Å². The van der Waals surface area contributed by atoms with Crippen LogP contribution >= 0.6 is 0 Å². The summed E-state index contributed by atoms with van der Waals surface area (Å²) >= 11 is 0. The van der Waals surface area contributed by atoms with Crippen LogP contribution in [0.15, 0.2) is 54.6 Å². The Hall–Kier alpha value is -3.02. The van der Waals surface area contributed by atoms with Crippen molar-refractivity contribution in [3.8, 4) is 5.75 Å². The number of alkyl carbamates (subject to hydrolysis) is 1. The molecule has 0 bridgehead atoms. The van der Waals surface area contributed by atoms with Crippen LogP contribution in [0, 0.1) is 0 Å². The molecule has 144 valence electrons. The Bertz CT molecular complexity index is 750. The van der Waals surface area contributed by atoms with E-state index in [9.17, 15) is 14.7 Å². The van der Waals surface area contributed by atoms with Crippen LogP contribution in [0.5, 0.6) is 5.75 Å². The predicted molar refractivity (Wildman–Crippen MR) is 99.1 cm³/mol. The zero-order chi connectivity index (χ0) is 19.9. The molecule has 0 radical (unpaired) electrons. The van der Waals surface area contributed by atoms with E-state index in [1.165, 1.54) is 0 Å². The molecule has 1 amide bonds. The number of rotatable bonds is 7. The molecule has 2 rings (SSSR count). The lowest BCUT2D eigenvalue weighted by atomic mass is 10.1. The van der Waals surface area contributed by atoms with E-state index in [1.807, 2.05) is 30.3 Å². The molecule has 1 atom stereocenters. The van der Waals surface area contributed by atoms with Gasteiger partial charge in [0, 0.05) is 0 Å². The van der Waals surface area contributed by atoms with Gasteiger partial charge in [-0.1, -0.05) is 42.5 Å². The number of carboxylic acids is 1. The van der Waals surface area contributed by atoms with E-state index < -0.39 is 23.7 Å². The van der Waals surface area contributed by atoms with Gasteiger partial charge in [0.1, 0.15) is 18.0 Å². The normalized spacial score (nSPS) is 12.1. The average molecular weight is 370 g/mol. The Kier molecular flexibility index (Phi) is 6.82. The van der Waals surface area contributed by atoms with Crippen LogP contribution in [-0.4, -0.2) is 23.7 Å². The molecule has 0 aliphatic carbocycles. The first kappa shape index (κ1) is 20.3. The van der Waals surface area contributed by atoms with Gasteiger partial charge in [0.2, 0.25) is 0 Å². The topological polar surface area (TPSA) is 87.7 Å². The zero-order valence-corrected chi connectivity index (χ0v) is 15.7. The van der Waals surface area contributed by atoms with E-state index in [2.05, 4.69) is 5.32 Å². The summed E-state index contributed by atoms with van der Waals surface area (Å²) in [6, 6.07) is 15.6. The van der Waals surface area contributed by atoms with Crippen LogP contribution < -0.4 is 15.2 Å². The monoisotopic (exact) mass is 370 g/mol. The summed E-state index contributed by atoms with van der Waals surface area (Å²) in [5, 5.41) is 13.7. The van der Waals surface area contributed by atoms with Gasteiger partial charge in [0.05, 0.1) is 12.0 Å². The molecule has 0 aliphatic heterocycles. The molecular formula is C21H24NO5-. The summed E-state index contributed by atoms with van der Waals surface area (Å²) in [5.74, 6) is -0.696. The molecule has 0 unspecified atom stereocenters. The summed E-state index contributed by atoms with van der Waals surface area (Å²) < 4.78 is 10.8. The first-order valence-electron chi connectivity index (χ1n) is 8.69. The van der Waals surface area contributed by atoms with Crippen molar-refractivity contribution in [2.75, 3.05) is 0 Å². The van der Waals surface area contributed by atoms with E-state index >= 15 is 0 Å². The van der Waals surface area contributed by atoms with E-state index in [-0.39, 0.29) is 6.42 Å². The smallest absolute Gasteiger partial charge is 0.408 e. The summed E-state index contributed by atoms with van der Waals surface area (Å²) in [6.07, 6.45) is -0.708. The van der Waals surface area contributed by atoms with Crippen molar-refractivity contribution in [2.24, 2.45) is 0 Å². The maximum atomic E-state index is 11.8. The van der Waals surface area contributed by atoms with Gasteiger partial charge in [-0.05, 0) is 50.5 Å². The van der Waals surface area contributed by atoms with Crippen LogP contribution in [0.25, 0.3) is 0 Å². The Labute approximate surface area is 159 Å². The SMILES string of the molecule is CC(C)(C)OC(=O)N[C@@H](Cc1ccc(OCc2ccccc2)cc1)C(=O)[O-]. The summed E-state index contributed by atoms with van der Waals surface area (Å²) in [4.78, 5) is 23.1. The number of hydrogen-bond acceptors (Lipinski definition) is 5. The molecule has 2 aromatic rings. The molecule has 6 heteroatoms. The number of carbonyl (C=O) groups excluding carboxylic acids is 2. The van der Waals surface area contributed by atoms with Crippen molar-refractivity contribution >= 4 is 12.1 Å². The minimum Gasteiger partial charge on any atom is -0.548 e. The van der Waals surface area contributed by atoms with Crippen molar-refractivity contribution in [3.05, 3.63) is 65.7 Å². The van der Waals surface area contributed by atoms with Gasteiger partial charge in [-0.2, -0.15) is 0 Å². The van der Waals surface area contributed by atoms with Crippen molar-refractivity contribution in [3.63, 3.8) is 0 Å². The Morgan fingerprint density at radius 1 is 1.00 bits per heavy atom. The van der Waals surface area contributed by atoms with Gasteiger partial charge >= 0.3 is 6.09 Å². The Morgan fingerprint density at radius 2 is 1.63 bits per heavy atom. The summed E-state index contributed by atoms with van der Waals surface area (Å²) in [5.41, 5.74) is 1.07. The maximum absolute atomic E-state index is 11.8. The molecular weight excluding hydrogens is 346 g/mol. The second-order valence-electron chi connectivity index (χ2n) is 7.14. The standard InChI is InChI=1S/C21H25NO5/c1-21(2,3)27-20(25)22-18(19(23)24)13-15-9-11-17(12-10-15)26-14-16-7-5-4-6-8-16/h4-12,18H,13-14H2,1-3H3,(H,22,25)(H,23,24)/p-1/t18-/m0/s1. The van der Waals surface area contributed by atoms with E-state index in [0.717, 1.165) is 11.1 Å². The van der Waals surface area contributed by atoms with E-state index in [4.69, 9.17) is 9.47 Å². The number of carboxylic acid groups (broad SMARTS) is 1. The van der Waals surface area contributed by atoms with Crippen LogP contribution in [0.1, 0.15) is 31.9 Å². The van der Waals surface area contributed by atoms with Gasteiger partial charge in [-0.15, -0.1) is 0 Å². The Morgan fingerprint density at radius 3 is 2.19 bits per heavy atom. The molecule has 0 aliphatic rings. The van der Waals surface area contributed by atoms with Gasteiger partial charge in [-0.3, -0.25) is 0 Å². The van der Waals surface area contributed by atoms with E-state index in [0.29, 0.717) is 12.4 Å². The molecule has 0 spiro atoms. The van der Waals surface area contributed by atoms with Gasteiger partial charge < -0.3 is 24.7 Å². The second-order valence-corrected chi connectivity index (χ2v) is 7.14. The van der Waals surface area contributed by atoms with Crippen LogP contribution in [0.3, 0.4) is 0 Å². The lowest BCUT2D eigenvalue weighted by Gasteiger charge is -2.24. The van der Waals surface area contributed by atoms with Gasteiger partial charge in [-0.25, -0.2) is 4.79 Å². The number of ether oxygens (including phenoxy) is 2. The third kappa shape index (κ3) is 7.40. The molecule has 0 fully saturated rings. The summed E-state index contributed by atoms with van der Waals surface area (Å²) in [7, 11) is 0. The highest BCUT2D eigenvalue weighted by molar-refractivity contribution is 5.79. The number of hydrogen-bond donors (Lipinski definition) is 1. The van der Waals surface area contributed by atoms with Crippen LogP contribution in [-0.2, 0) is 22.6 Å². The number of aliphatic carboxylic acids is 1.